The standard InChI is InChI=1S/C15H8Cl2N4O4S/c16-8-1-4-11(17)10(7-8)14-19-20-15(25-14)18-12(22)5-2-9-3-6-13(26-9)21(23)24/h1-7H,(H,18,20,22)/b5-2+. The van der Waals surface area contributed by atoms with E-state index in [1.54, 1.807) is 24.3 Å². The van der Waals surface area contributed by atoms with Crippen LogP contribution in [0.25, 0.3) is 17.5 Å². The van der Waals surface area contributed by atoms with Gasteiger partial charge in [0.05, 0.1) is 15.5 Å². The minimum atomic E-state index is -0.534. The van der Waals surface area contributed by atoms with Gasteiger partial charge in [-0.05, 0) is 30.3 Å². The zero-order chi connectivity index (χ0) is 18.7. The van der Waals surface area contributed by atoms with E-state index in [0.717, 1.165) is 11.3 Å². The Morgan fingerprint density at radius 3 is 2.81 bits per heavy atom. The Hall–Kier alpha value is -2.75. The molecule has 26 heavy (non-hydrogen) atoms. The first-order valence-corrected chi connectivity index (χ1v) is 8.52. The summed E-state index contributed by atoms with van der Waals surface area (Å²) in [6.45, 7) is 0. The van der Waals surface area contributed by atoms with Gasteiger partial charge in [-0.25, -0.2) is 0 Å². The smallest absolute Gasteiger partial charge is 0.324 e. The molecule has 0 bridgehead atoms. The first-order chi connectivity index (χ1) is 12.4. The SMILES string of the molecule is O=C(/C=C/c1ccc([N+](=O)[O-])s1)Nc1nnc(-c2cc(Cl)ccc2Cl)o1. The summed E-state index contributed by atoms with van der Waals surface area (Å²) in [6.07, 6.45) is 2.64. The predicted molar refractivity (Wildman–Crippen MR) is 98.4 cm³/mol. The summed E-state index contributed by atoms with van der Waals surface area (Å²) in [6, 6.07) is 7.55. The summed E-state index contributed by atoms with van der Waals surface area (Å²) in [4.78, 5) is 22.6. The number of carbonyl (C=O) groups excluding carboxylic acids is 1. The molecule has 0 aliphatic heterocycles. The number of halogens is 2. The molecular formula is C15H8Cl2N4O4S. The lowest BCUT2D eigenvalue weighted by atomic mass is 10.2. The van der Waals surface area contributed by atoms with Crippen molar-refractivity contribution in [3.05, 3.63) is 61.4 Å². The number of thiophene rings is 1. The van der Waals surface area contributed by atoms with Crippen LogP contribution in [0.4, 0.5) is 11.0 Å². The first kappa shape index (κ1) is 18.1. The Bertz CT molecular complexity index is 1010. The molecule has 132 valence electrons. The Morgan fingerprint density at radius 2 is 2.08 bits per heavy atom. The third-order valence-corrected chi connectivity index (χ3v) is 4.57. The number of rotatable bonds is 5. The summed E-state index contributed by atoms with van der Waals surface area (Å²) in [7, 11) is 0. The van der Waals surface area contributed by atoms with Crippen molar-refractivity contribution in [2.45, 2.75) is 0 Å². The number of hydrogen-bond acceptors (Lipinski definition) is 7. The maximum absolute atomic E-state index is 11.9. The van der Waals surface area contributed by atoms with Crippen molar-refractivity contribution in [1.29, 1.82) is 0 Å². The number of aromatic nitrogens is 2. The molecule has 1 N–H and O–H groups in total. The molecular weight excluding hydrogens is 403 g/mol. The molecule has 2 heterocycles. The number of amides is 1. The van der Waals surface area contributed by atoms with Crippen LogP contribution in [-0.4, -0.2) is 21.0 Å². The average molecular weight is 411 g/mol. The van der Waals surface area contributed by atoms with Crippen LogP contribution in [0.5, 0.6) is 0 Å². The van der Waals surface area contributed by atoms with Crippen molar-refractivity contribution < 1.29 is 14.1 Å². The van der Waals surface area contributed by atoms with Crippen LogP contribution in [0.3, 0.4) is 0 Å². The van der Waals surface area contributed by atoms with Crippen molar-refractivity contribution in [2.24, 2.45) is 0 Å². The molecule has 3 aromatic rings. The van der Waals surface area contributed by atoms with E-state index < -0.39 is 10.8 Å². The quantitative estimate of drug-likeness (QED) is 0.371. The Labute approximate surface area is 160 Å². The summed E-state index contributed by atoms with van der Waals surface area (Å²) in [5.41, 5.74) is 0.439. The van der Waals surface area contributed by atoms with Gasteiger partial charge >= 0.3 is 11.0 Å². The van der Waals surface area contributed by atoms with Crippen LogP contribution < -0.4 is 5.32 Å². The zero-order valence-electron chi connectivity index (χ0n) is 12.7. The van der Waals surface area contributed by atoms with Crippen molar-refractivity contribution in [3.8, 4) is 11.5 Å². The van der Waals surface area contributed by atoms with E-state index in [1.165, 1.54) is 18.2 Å². The van der Waals surface area contributed by atoms with Gasteiger partial charge in [0.2, 0.25) is 0 Å². The molecule has 0 saturated heterocycles. The predicted octanol–water partition coefficient (Wildman–Crippen LogP) is 4.67. The van der Waals surface area contributed by atoms with E-state index >= 15 is 0 Å². The van der Waals surface area contributed by atoms with E-state index in [1.807, 2.05) is 0 Å². The maximum atomic E-state index is 11.9. The second-order valence-electron chi connectivity index (χ2n) is 4.79. The summed E-state index contributed by atoms with van der Waals surface area (Å²) < 4.78 is 5.35. The van der Waals surface area contributed by atoms with Crippen LogP contribution in [-0.2, 0) is 4.79 Å². The van der Waals surface area contributed by atoms with Gasteiger partial charge in [0.1, 0.15) is 0 Å². The first-order valence-electron chi connectivity index (χ1n) is 6.94. The summed E-state index contributed by atoms with van der Waals surface area (Å²) in [5, 5.41) is 21.4. The topological polar surface area (TPSA) is 111 Å². The number of carbonyl (C=O) groups is 1. The lowest BCUT2D eigenvalue weighted by Gasteiger charge is -1.99. The van der Waals surface area contributed by atoms with Gasteiger partial charge in [-0.15, -0.1) is 5.10 Å². The van der Waals surface area contributed by atoms with Crippen molar-refractivity contribution >= 4 is 57.5 Å². The van der Waals surface area contributed by atoms with Crippen molar-refractivity contribution in [1.82, 2.24) is 10.2 Å². The van der Waals surface area contributed by atoms with E-state index in [9.17, 15) is 14.9 Å². The number of nitrogens with one attached hydrogen (secondary N) is 1. The molecule has 0 aliphatic rings. The molecule has 0 saturated carbocycles. The molecule has 0 radical (unpaired) electrons. The van der Waals surface area contributed by atoms with E-state index in [2.05, 4.69) is 15.5 Å². The number of benzene rings is 1. The minimum Gasteiger partial charge on any atom is -0.403 e. The van der Waals surface area contributed by atoms with E-state index in [4.69, 9.17) is 27.6 Å². The molecule has 0 aliphatic carbocycles. The second kappa shape index (κ2) is 7.65. The highest BCUT2D eigenvalue weighted by atomic mass is 35.5. The Morgan fingerprint density at radius 1 is 1.27 bits per heavy atom. The van der Waals surface area contributed by atoms with Gasteiger partial charge < -0.3 is 4.42 Å². The van der Waals surface area contributed by atoms with Gasteiger partial charge in [0.25, 0.3) is 11.8 Å². The fraction of sp³-hybridized carbons (Fsp3) is 0. The molecule has 0 spiro atoms. The number of nitrogens with zero attached hydrogens (tertiary/aromatic N) is 3. The second-order valence-corrected chi connectivity index (χ2v) is 6.73. The van der Waals surface area contributed by atoms with Gasteiger partial charge in [-0.1, -0.05) is 39.6 Å². The van der Waals surface area contributed by atoms with Gasteiger partial charge in [0, 0.05) is 22.0 Å². The summed E-state index contributed by atoms with van der Waals surface area (Å²) in [5.74, 6) is -0.431. The fourth-order valence-corrected chi connectivity index (χ4v) is 2.97. The highest BCUT2D eigenvalue weighted by Crippen LogP contribution is 2.30. The van der Waals surface area contributed by atoms with E-state index in [-0.39, 0.29) is 16.9 Å². The van der Waals surface area contributed by atoms with Gasteiger partial charge in [0.15, 0.2) is 0 Å². The summed E-state index contributed by atoms with van der Waals surface area (Å²) >= 11 is 12.9. The molecule has 8 nitrogen and oxygen atoms in total. The molecule has 3 rings (SSSR count). The van der Waals surface area contributed by atoms with Gasteiger partial charge in [-0.2, -0.15) is 0 Å². The Kier molecular flexibility index (Phi) is 5.31. The molecule has 2 aromatic heterocycles. The number of anilines is 1. The fourth-order valence-electron chi connectivity index (χ4n) is 1.88. The molecule has 1 amide bonds. The molecule has 0 atom stereocenters. The molecule has 11 heteroatoms. The Balaban J connectivity index is 1.68. The highest BCUT2D eigenvalue weighted by Gasteiger charge is 2.14. The van der Waals surface area contributed by atoms with Crippen molar-refractivity contribution in [2.75, 3.05) is 5.32 Å². The van der Waals surface area contributed by atoms with E-state index in [0.29, 0.717) is 20.5 Å². The number of nitro groups is 1. The molecule has 0 fully saturated rings. The lowest BCUT2D eigenvalue weighted by molar-refractivity contribution is -0.380. The van der Waals surface area contributed by atoms with Gasteiger partial charge in [-0.3, -0.25) is 20.2 Å². The lowest BCUT2D eigenvalue weighted by Crippen LogP contribution is -2.07. The molecule has 0 unspecified atom stereocenters. The third kappa shape index (κ3) is 4.26. The average Bonchev–Trinajstić information content (AvgIpc) is 3.24. The van der Waals surface area contributed by atoms with Crippen LogP contribution in [0.15, 0.2) is 40.8 Å². The normalized spacial score (nSPS) is 11.0. The monoisotopic (exact) mass is 410 g/mol. The van der Waals surface area contributed by atoms with Crippen molar-refractivity contribution in [3.63, 3.8) is 0 Å². The van der Waals surface area contributed by atoms with Crippen LogP contribution in [0, 0.1) is 10.1 Å². The third-order valence-electron chi connectivity index (χ3n) is 3.01. The van der Waals surface area contributed by atoms with Crippen LogP contribution in [0.1, 0.15) is 4.88 Å². The molecule has 1 aromatic carbocycles. The van der Waals surface area contributed by atoms with Crippen LogP contribution >= 0.6 is 34.5 Å². The maximum Gasteiger partial charge on any atom is 0.324 e. The van der Waals surface area contributed by atoms with Crippen LogP contribution in [0.2, 0.25) is 10.0 Å². The largest absolute Gasteiger partial charge is 0.403 e. The zero-order valence-corrected chi connectivity index (χ0v) is 15.0. The number of hydrogen-bond donors (Lipinski definition) is 1. The minimum absolute atomic E-state index is 0.00926. The highest BCUT2D eigenvalue weighted by molar-refractivity contribution is 7.16.